The van der Waals surface area contributed by atoms with E-state index in [4.69, 9.17) is 5.11 Å². The van der Waals surface area contributed by atoms with Crippen LogP contribution in [-0.4, -0.2) is 23.2 Å². The maximum atomic E-state index is 11.1. The van der Waals surface area contributed by atoms with Crippen molar-refractivity contribution in [2.45, 2.75) is 27.4 Å². The predicted molar refractivity (Wildman–Crippen MR) is 57.6 cm³/mol. The third kappa shape index (κ3) is 4.08. The first-order valence-electron chi connectivity index (χ1n) is 4.84. The second-order valence-corrected chi connectivity index (χ2v) is 2.67. The van der Waals surface area contributed by atoms with Gasteiger partial charge in [-0.15, -0.1) is 0 Å². The van der Waals surface area contributed by atoms with E-state index < -0.39 is 5.97 Å². The monoisotopic (exact) mass is 211 g/mol. The molecule has 4 nitrogen and oxygen atoms in total. The molecular formula is C11H17NO3. The van der Waals surface area contributed by atoms with E-state index in [9.17, 15) is 4.79 Å². The van der Waals surface area contributed by atoms with Crippen LogP contribution in [0, 0.1) is 6.92 Å². The zero-order valence-electron chi connectivity index (χ0n) is 9.57. The van der Waals surface area contributed by atoms with Crippen molar-refractivity contribution in [1.82, 2.24) is 4.98 Å². The van der Waals surface area contributed by atoms with Crippen LogP contribution < -0.4 is 0 Å². The number of aromatic nitrogens is 1. The van der Waals surface area contributed by atoms with Crippen LogP contribution in [0.4, 0.5) is 0 Å². The summed E-state index contributed by atoms with van der Waals surface area (Å²) < 4.78 is 4.51. The summed E-state index contributed by atoms with van der Waals surface area (Å²) in [6, 6.07) is 3.33. The highest BCUT2D eigenvalue weighted by molar-refractivity contribution is 5.87. The first-order valence-corrected chi connectivity index (χ1v) is 4.84. The number of pyridine rings is 1. The van der Waals surface area contributed by atoms with Gasteiger partial charge >= 0.3 is 5.97 Å². The van der Waals surface area contributed by atoms with E-state index in [1.54, 1.807) is 12.1 Å². The van der Waals surface area contributed by atoms with E-state index >= 15 is 0 Å². The van der Waals surface area contributed by atoms with Crippen molar-refractivity contribution in [2.24, 2.45) is 0 Å². The standard InChI is InChI=1S/C9H11NO3.C2H6/c1-6-3-7(5-11)10-8(4-6)9(12)13-2;1-2/h3-4,11H,5H2,1-2H3;1-2H3. The molecule has 0 radical (unpaired) electrons. The lowest BCUT2D eigenvalue weighted by Gasteiger charge is -2.02. The van der Waals surface area contributed by atoms with Gasteiger partial charge in [0.1, 0.15) is 5.69 Å². The van der Waals surface area contributed by atoms with Gasteiger partial charge in [0.05, 0.1) is 19.4 Å². The molecule has 0 aliphatic carbocycles. The number of aliphatic hydroxyl groups is 1. The van der Waals surface area contributed by atoms with Gasteiger partial charge < -0.3 is 9.84 Å². The van der Waals surface area contributed by atoms with Gasteiger partial charge in [0.2, 0.25) is 0 Å². The Morgan fingerprint density at radius 2 is 2.07 bits per heavy atom. The third-order valence-electron chi connectivity index (χ3n) is 1.58. The normalized spacial score (nSPS) is 8.87. The Labute approximate surface area is 89.9 Å². The number of carbonyl (C=O) groups excluding carboxylic acids is 1. The molecule has 1 aromatic heterocycles. The van der Waals surface area contributed by atoms with Crippen LogP contribution in [0.1, 0.15) is 35.6 Å². The molecule has 0 aliphatic rings. The summed E-state index contributed by atoms with van der Waals surface area (Å²) in [6.45, 7) is 5.65. The Hall–Kier alpha value is -1.42. The van der Waals surface area contributed by atoms with Crippen LogP contribution >= 0.6 is 0 Å². The summed E-state index contributed by atoms with van der Waals surface area (Å²) in [4.78, 5) is 15.0. The summed E-state index contributed by atoms with van der Waals surface area (Å²) in [7, 11) is 1.30. The number of esters is 1. The van der Waals surface area contributed by atoms with Gasteiger partial charge in [-0.3, -0.25) is 0 Å². The number of ether oxygens (including phenoxy) is 1. The molecule has 0 saturated heterocycles. The van der Waals surface area contributed by atoms with Crippen molar-refractivity contribution >= 4 is 5.97 Å². The molecule has 0 aromatic carbocycles. The molecule has 1 rings (SSSR count). The molecule has 0 aliphatic heterocycles. The topological polar surface area (TPSA) is 59.4 Å². The van der Waals surface area contributed by atoms with Crippen molar-refractivity contribution in [2.75, 3.05) is 7.11 Å². The number of nitrogens with zero attached hydrogens (tertiary/aromatic N) is 1. The lowest BCUT2D eigenvalue weighted by atomic mass is 10.2. The molecule has 1 N–H and O–H groups in total. The average Bonchev–Trinajstić information content (AvgIpc) is 2.29. The van der Waals surface area contributed by atoms with Gasteiger partial charge in [0.25, 0.3) is 0 Å². The van der Waals surface area contributed by atoms with E-state index in [2.05, 4.69) is 9.72 Å². The largest absolute Gasteiger partial charge is 0.464 e. The second kappa shape index (κ2) is 6.95. The van der Waals surface area contributed by atoms with E-state index in [0.717, 1.165) is 5.56 Å². The molecular weight excluding hydrogens is 194 g/mol. The van der Waals surface area contributed by atoms with Gasteiger partial charge in [-0.25, -0.2) is 9.78 Å². The van der Waals surface area contributed by atoms with Gasteiger partial charge in [-0.1, -0.05) is 13.8 Å². The maximum absolute atomic E-state index is 11.1. The Morgan fingerprint density at radius 1 is 1.47 bits per heavy atom. The molecule has 0 unspecified atom stereocenters. The highest BCUT2D eigenvalue weighted by Crippen LogP contribution is 2.06. The van der Waals surface area contributed by atoms with Crippen LogP contribution in [0.25, 0.3) is 0 Å². The molecule has 0 amide bonds. The molecule has 4 heteroatoms. The molecule has 0 atom stereocenters. The average molecular weight is 211 g/mol. The molecule has 0 spiro atoms. The number of aryl methyl sites for hydroxylation is 1. The van der Waals surface area contributed by atoms with Crippen molar-refractivity contribution in [3.05, 3.63) is 29.1 Å². The number of aliphatic hydroxyl groups excluding tert-OH is 1. The number of methoxy groups -OCH3 is 1. The first-order chi connectivity index (χ1) is 7.17. The Morgan fingerprint density at radius 3 is 2.53 bits per heavy atom. The van der Waals surface area contributed by atoms with Crippen LogP contribution in [0.15, 0.2) is 12.1 Å². The second-order valence-electron chi connectivity index (χ2n) is 2.67. The molecule has 15 heavy (non-hydrogen) atoms. The van der Waals surface area contributed by atoms with Crippen LogP contribution in [-0.2, 0) is 11.3 Å². The predicted octanol–water partition coefficient (Wildman–Crippen LogP) is 1.70. The third-order valence-corrected chi connectivity index (χ3v) is 1.58. The summed E-state index contributed by atoms with van der Waals surface area (Å²) in [6.07, 6.45) is 0. The lowest BCUT2D eigenvalue weighted by molar-refractivity contribution is 0.0593. The van der Waals surface area contributed by atoms with Gasteiger partial charge in [-0.2, -0.15) is 0 Å². The van der Waals surface area contributed by atoms with Crippen molar-refractivity contribution < 1.29 is 14.6 Å². The Kier molecular flexibility index (Phi) is 6.29. The molecule has 0 saturated carbocycles. The number of hydrogen-bond acceptors (Lipinski definition) is 4. The Balaban J connectivity index is 0.000000921. The SMILES string of the molecule is CC.COC(=O)c1cc(C)cc(CO)n1. The van der Waals surface area contributed by atoms with Gasteiger partial charge in [0, 0.05) is 0 Å². The quantitative estimate of drug-likeness (QED) is 0.756. The summed E-state index contributed by atoms with van der Waals surface area (Å²) in [5.41, 5.74) is 1.58. The molecule has 84 valence electrons. The van der Waals surface area contributed by atoms with Crippen molar-refractivity contribution in [3.8, 4) is 0 Å². The zero-order chi connectivity index (χ0) is 11.8. The van der Waals surface area contributed by atoms with Crippen molar-refractivity contribution in [3.63, 3.8) is 0 Å². The Bertz CT molecular complexity index is 324. The number of carbonyl (C=O) groups is 1. The molecule has 1 aromatic rings. The van der Waals surface area contributed by atoms with Crippen molar-refractivity contribution in [1.29, 1.82) is 0 Å². The zero-order valence-corrected chi connectivity index (χ0v) is 9.57. The lowest BCUT2D eigenvalue weighted by Crippen LogP contribution is -2.06. The van der Waals surface area contributed by atoms with Crippen LogP contribution in [0.2, 0.25) is 0 Å². The smallest absolute Gasteiger partial charge is 0.356 e. The van der Waals surface area contributed by atoms with Crippen LogP contribution in [0.3, 0.4) is 0 Å². The fourth-order valence-electron chi connectivity index (χ4n) is 1.03. The molecule has 0 bridgehead atoms. The van der Waals surface area contributed by atoms with E-state index in [1.807, 2.05) is 20.8 Å². The van der Waals surface area contributed by atoms with E-state index in [1.165, 1.54) is 7.11 Å². The minimum atomic E-state index is -0.488. The maximum Gasteiger partial charge on any atom is 0.356 e. The summed E-state index contributed by atoms with van der Waals surface area (Å²) >= 11 is 0. The minimum Gasteiger partial charge on any atom is -0.464 e. The number of hydrogen-bond donors (Lipinski definition) is 1. The van der Waals surface area contributed by atoms with Gasteiger partial charge in [0.15, 0.2) is 0 Å². The summed E-state index contributed by atoms with van der Waals surface area (Å²) in [5, 5.41) is 8.83. The molecule has 1 heterocycles. The van der Waals surface area contributed by atoms with Crippen LogP contribution in [0.5, 0.6) is 0 Å². The fourth-order valence-corrected chi connectivity index (χ4v) is 1.03. The highest BCUT2D eigenvalue weighted by Gasteiger charge is 2.08. The molecule has 0 fully saturated rings. The summed E-state index contributed by atoms with van der Waals surface area (Å²) in [5.74, 6) is -0.488. The fraction of sp³-hybridized carbons (Fsp3) is 0.455. The van der Waals surface area contributed by atoms with E-state index in [0.29, 0.717) is 5.69 Å². The first kappa shape index (κ1) is 13.6. The minimum absolute atomic E-state index is 0.175. The highest BCUT2D eigenvalue weighted by atomic mass is 16.5. The number of rotatable bonds is 2. The van der Waals surface area contributed by atoms with E-state index in [-0.39, 0.29) is 12.3 Å². The van der Waals surface area contributed by atoms with Gasteiger partial charge in [-0.05, 0) is 24.6 Å².